The second kappa shape index (κ2) is 10.4. The highest BCUT2D eigenvalue weighted by Gasteiger charge is 2.43. The first-order valence-electron chi connectivity index (χ1n) is 13.7. The lowest BCUT2D eigenvalue weighted by molar-refractivity contribution is 0.102. The van der Waals surface area contributed by atoms with Crippen LogP contribution in [-0.2, 0) is 18.4 Å². The Morgan fingerprint density at radius 3 is 2.49 bits per heavy atom. The molecule has 0 saturated heterocycles. The van der Waals surface area contributed by atoms with Gasteiger partial charge in [0.1, 0.15) is 0 Å². The molecule has 0 atom stereocenters. The predicted octanol–water partition coefficient (Wildman–Crippen LogP) is 7.49. The van der Waals surface area contributed by atoms with E-state index in [1.807, 2.05) is 10.6 Å². The molecule has 2 fully saturated rings. The highest BCUT2D eigenvalue weighted by Crippen LogP contribution is 2.49. The summed E-state index contributed by atoms with van der Waals surface area (Å²) in [6.07, 6.45) is 11.4. The normalized spacial score (nSPS) is 18.5. The zero-order chi connectivity index (χ0) is 25.4. The molecule has 2 saturated carbocycles. The van der Waals surface area contributed by atoms with Crippen LogP contribution in [0.1, 0.15) is 79.3 Å². The molecule has 3 aliphatic carbocycles. The van der Waals surface area contributed by atoms with Crippen molar-refractivity contribution in [2.75, 3.05) is 5.75 Å². The van der Waals surface area contributed by atoms with Crippen LogP contribution < -0.4 is 5.56 Å². The van der Waals surface area contributed by atoms with Crippen LogP contribution in [-0.4, -0.2) is 21.1 Å². The van der Waals surface area contributed by atoms with Crippen molar-refractivity contribution in [1.29, 1.82) is 0 Å². The molecule has 0 amide bonds. The van der Waals surface area contributed by atoms with Crippen molar-refractivity contribution in [2.24, 2.45) is 5.92 Å². The second-order valence-corrected chi connectivity index (χ2v) is 12.5. The van der Waals surface area contributed by atoms with Gasteiger partial charge in [-0.2, -0.15) is 0 Å². The lowest BCUT2D eigenvalue weighted by atomic mass is 9.62. The van der Waals surface area contributed by atoms with Crippen LogP contribution in [0.3, 0.4) is 0 Å². The summed E-state index contributed by atoms with van der Waals surface area (Å²) in [7, 11) is 0. The van der Waals surface area contributed by atoms with E-state index < -0.39 is 0 Å². The van der Waals surface area contributed by atoms with Crippen molar-refractivity contribution in [1.82, 2.24) is 9.55 Å². The first kappa shape index (κ1) is 24.9. The Kier molecular flexibility index (Phi) is 7.02. The molecule has 37 heavy (non-hydrogen) atoms. The number of carbonyl (C=O) groups excluding carboxylic acids is 1. The Hall–Kier alpha value is -2.37. The fourth-order valence-corrected chi connectivity index (χ4v) is 7.82. The fraction of sp³-hybridized carbons (Fsp3) is 0.452. The Morgan fingerprint density at radius 2 is 1.73 bits per heavy atom. The molecule has 0 bridgehead atoms. The predicted molar refractivity (Wildman–Crippen MR) is 151 cm³/mol. The number of aromatic nitrogens is 2. The maximum absolute atomic E-state index is 14.5. The van der Waals surface area contributed by atoms with Crippen LogP contribution in [0.25, 0.3) is 11.3 Å². The van der Waals surface area contributed by atoms with E-state index in [0.717, 1.165) is 61.8 Å². The van der Waals surface area contributed by atoms with Gasteiger partial charge in [0.15, 0.2) is 10.9 Å². The molecule has 6 heteroatoms. The number of fused-ring (bicyclic) bond motifs is 4. The number of nitrogens with zero attached hydrogens (tertiary/aromatic N) is 2. The smallest absolute Gasteiger partial charge is 0.258 e. The number of carbonyl (C=O) groups is 1. The Bertz CT molecular complexity index is 1370. The molecular formula is C31H33ClN2O2S. The minimum absolute atomic E-state index is 0.0187. The van der Waals surface area contributed by atoms with Crippen molar-refractivity contribution >= 4 is 29.1 Å². The number of rotatable bonds is 6. The average Bonchev–Trinajstić information content (AvgIpc) is 3.43. The molecule has 4 nitrogen and oxygen atoms in total. The zero-order valence-electron chi connectivity index (χ0n) is 21.2. The fourth-order valence-electron chi connectivity index (χ4n) is 6.79. The van der Waals surface area contributed by atoms with Gasteiger partial charge < -0.3 is 0 Å². The SMILES string of the molecule is O=C(CSc1nc2c(c(=O)n1CC1CCCC1)C1(CCCCC1)Cc1ccccc1-2)c1ccc(Cl)cc1. The lowest BCUT2D eigenvalue weighted by Crippen LogP contribution is -2.43. The molecule has 0 radical (unpaired) electrons. The molecule has 2 aromatic carbocycles. The van der Waals surface area contributed by atoms with Crippen molar-refractivity contribution < 1.29 is 4.79 Å². The largest absolute Gasteiger partial charge is 0.293 e. The molecule has 3 aromatic rings. The number of halogens is 1. The Balaban J connectivity index is 1.44. The zero-order valence-corrected chi connectivity index (χ0v) is 22.8. The van der Waals surface area contributed by atoms with Crippen LogP contribution in [0.15, 0.2) is 58.5 Å². The number of ketones is 1. The summed E-state index contributed by atoms with van der Waals surface area (Å²) >= 11 is 7.42. The van der Waals surface area contributed by atoms with E-state index in [1.165, 1.54) is 36.6 Å². The van der Waals surface area contributed by atoms with Crippen LogP contribution in [0.5, 0.6) is 0 Å². The van der Waals surface area contributed by atoms with E-state index >= 15 is 0 Å². The van der Waals surface area contributed by atoms with Gasteiger partial charge in [0.25, 0.3) is 5.56 Å². The number of benzene rings is 2. The van der Waals surface area contributed by atoms with Gasteiger partial charge in [0.2, 0.25) is 0 Å². The molecule has 0 aliphatic heterocycles. The molecule has 3 aliphatic rings. The highest BCUT2D eigenvalue weighted by molar-refractivity contribution is 7.99. The third-order valence-corrected chi connectivity index (χ3v) is 9.92. The Morgan fingerprint density at radius 1 is 1.00 bits per heavy atom. The topological polar surface area (TPSA) is 52.0 Å². The van der Waals surface area contributed by atoms with Gasteiger partial charge in [0, 0.05) is 28.1 Å². The number of Topliss-reactive ketones (excluding diaryl/α,β-unsaturated/α-hetero) is 1. The summed E-state index contributed by atoms with van der Waals surface area (Å²) < 4.78 is 1.94. The molecule has 6 rings (SSSR count). The maximum atomic E-state index is 14.5. The minimum Gasteiger partial charge on any atom is -0.293 e. The molecule has 1 spiro atoms. The van der Waals surface area contributed by atoms with Gasteiger partial charge in [-0.1, -0.05) is 79.7 Å². The quantitative estimate of drug-likeness (QED) is 0.187. The van der Waals surface area contributed by atoms with Crippen molar-refractivity contribution in [3.8, 4) is 11.3 Å². The van der Waals surface area contributed by atoms with Crippen LogP contribution in [0, 0.1) is 5.92 Å². The van der Waals surface area contributed by atoms with Gasteiger partial charge in [-0.05, 0) is 67.9 Å². The summed E-state index contributed by atoms with van der Waals surface area (Å²) in [6.45, 7) is 0.703. The number of thioether (sulfide) groups is 1. The molecule has 1 heterocycles. The van der Waals surface area contributed by atoms with Gasteiger partial charge >= 0.3 is 0 Å². The average molecular weight is 533 g/mol. The molecule has 0 unspecified atom stereocenters. The van der Waals surface area contributed by atoms with Gasteiger partial charge in [0.05, 0.1) is 17.0 Å². The van der Waals surface area contributed by atoms with E-state index in [2.05, 4.69) is 18.2 Å². The van der Waals surface area contributed by atoms with Crippen molar-refractivity contribution in [3.63, 3.8) is 0 Å². The number of hydrogen-bond donors (Lipinski definition) is 0. The van der Waals surface area contributed by atoms with Crippen LogP contribution >= 0.6 is 23.4 Å². The van der Waals surface area contributed by atoms with E-state index in [-0.39, 0.29) is 22.5 Å². The van der Waals surface area contributed by atoms with Gasteiger partial charge in [-0.15, -0.1) is 0 Å². The molecule has 192 valence electrons. The third kappa shape index (κ3) is 4.81. The van der Waals surface area contributed by atoms with E-state index in [1.54, 1.807) is 24.3 Å². The van der Waals surface area contributed by atoms with Gasteiger partial charge in [-0.25, -0.2) is 4.98 Å². The standard InChI is InChI=1S/C31H33ClN2O2S/c32-24-14-12-22(13-15-24)26(35)20-37-30-33-28-25-11-5-4-10-23(25)18-31(16-6-1-7-17-31)27(28)29(36)34(30)19-21-8-2-3-9-21/h4-5,10-15,21H,1-3,6-9,16-20H2. The maximum Gasteiger partial charge on any atom is 0.258 e. The molecular weight excluding hydrogens is 500 g/mol. The van der Waals surface area contributed by atoms with Gasteiger partial charge in [-0.3, -0.25) is 14.2 Å². The lowest BCUT2D eigenvalue weighted by Gasteiger charge is -2.42. The van der Waals surface area contributed by atoms with Crippen molar-refractivity contribution in [3.05, 3.63) is 80.6 Å². The summed E-state index contributed by atoms with van der Waals surface area (Å²) in [5.41, 5.74) is 4.83. The van der Waals surface area contributed by atoms with E-state index in [0.29, 0.717) is 28.2 Å². The molecule has 1 aromatic heterocycles. The summed E-state index contributed by atoms with van der Waals surface area (Å²) in [5, 5.41) is 1.29. The summed E-state index contributed by atoms with van der Waals surface area (Å²) in [6, 6.07) is 15.5. The highest BCUT2D eigenvalue weighted by atomic mass is 35.5. The first-order valence-corrected chi connectivity index (χ1v) is 15.1. The number of hydrogen-bond acceptors (Lipinski definition) is 4. The Labute approximate surface area is 227 Å². The second-order valence-electron chi connectivity index (χ2n) is 11.1. The van der Waals surface area contributed by atoms with E-state index in [9.17, 15) is 9.59 Å². The first-order chi connectivity index (χ1) is 18.0. The summed E-state index contributed by atoms with van der Waals surface area (Å²) in [5.74, 6) is 0.761. The summed E-state index contributed by atoms with van der Waals surface area (Å²) in [4.78, 5) is 32.7. The van der Waals surface area contributed by atoms with Crippen LogP contribution in [0.4, 0.5) is 0 Å². The minimum atomic E-state index is -0.119. The van der Waals surface area contributed by atoms with Crippen LogP contribution in [0.2, 0.25) is 5.02 Å². The monoisotopic (exact) mass is 532 g/mol. The molecule has 0 N–H and O–H groups in total. The third-order valence-electron chi connectivity index (χ3n) is 8.69. The van der Waals surface area contributed by atoms with Crippen molar-refractivity contribution in [2.45, 2.75) is 81.3 Å². The van der Waals surface area contributed by atoms with E-state index in [4.69, 9.17) is 16.6 Å².